The van der Waals surface area contributed by atoms with Gasteiger partial charge in [-0.3, -0.25) is 14.3 Å². The molecular formula is C24H26FN7O5S. The number of hydrogen-bond donors (Lipinski definition) is 1. The fourth-order valence-corrected chi connectivity index (χ4v) is 4.93. The van der Waals surface area contributed by atoms with E-state index in [0.717, 1.165) is 18.0 Å². The first kappa shape index (κ1) is 26.9. The molecule has 14 heteroatoms. The molecule has 200 valence electrons. The minimum atomic E-state index is -4.20. The second-order valence-electron chi connectivity index (χ2n) is 8.18. The highest BCUT2D eigenvalue weighted by Crippen LogP contribution is 2.38. The van der Waals surface area contributed by atoms with E-state index in [4.69, 9.17) is 14.2 Å². The number of anilines is 1. The first-order valence-electron chi connectivity index (χ1n) is 11.3. The molecule has 0 bridgehead atoms. The maximum Gasteiger partial charge on any atom is 0.243 e. The van der Waals surface area contributed by atoms with Crippen LogP contribution in [0.5, 0.6) is 11.5 Å². The van der Waals surface area contributed by atoms with E-state index in [9.17, 15) is 12.8 Å². The summed E-state index contributed by atoms with van der Waals surface area (Å²) in [5.74, 6) is 0.194. The predicted octanol–water partition coefficient (Wildman–Crippen LogP) is 3.10. The van der Waals surface area contributed by atoms with Crippen molar-refractivity contribution in [3.8, 4) is 28.7 Å². The summed E-state index contributed by atoms with van der Waals surface area (Å²) in [6.45, 7) is 3.31. The van der Waals surface area contributed by atoms with Gasteiger partial charge in [0.2, 0.25) is 16.0 Å². The molecule has 12 nitrogen and oxygen atoms in total. The van der Waals surface area contributed by atoms with E-state index in [-0.39, 0.29) is 17.6 Å². The monoisotopic (exact) mass is 543 g/mol. The first-order valence-corrected chi connectivity index (χ1v) is 12.9. The molecule has 0 saturated heterocycles. The number of aryl methyl sites for hydroxylation is 1. The number of hydrogen-bond acceptors (Lipinski definition) is 10. The van der Waals surface area contributed by atoms with Gasteiger partial charge in [0.05, 0.1) is 26.6 Å². The molecule has 0 aliphatic carbocycles. The zero-order chi connectivity index (χ0) is 27.4. The molecule has 3 aromatic heterocycles. The summed E-state index contributed by atoms with van der Waals surface area (Å²) >= 11 is 0. The summed E-state index contributed by atoms with van der Waals surface area (Å²) < 4.78 is 60.9. The Balaban J connectivity index is 1.84. The molecule has 4 rings (SSSR count). The lowest BCUT2D eigenvalue weighted by molar-refractivity contribution is 0.0948. The van der Waals surface area contributed by atoms with Gasteiger partial charge in [0.1, 0.15) is 34.2 Å². The van der Waals surface area contributed by atoms with E-state index < -0.39 is 27.2 Å². The number of aromatic nitrogens is 6. The van der Waals surface area contributed by atoms with E-state index in [0.29, 0.717) is 22.9 Å². The van der Waals surface area contributed by atoms with Gasteiger partial charge in [-0.1, -0.05) is 6.07 Å². The molecular weight excluding hydrogens is 517 g/mol. The van der Waals surface area contributed by atoms with Crippen LogP contribution in [0, 0.1) is 12.7 Å². The van der Waals surface area contributed by atoms with Gasteiger partial charge in [-0.15, -0.1) is 10.2 Å². The van der Waals surface area contributed by atoms with Gasteiger partial charge in [-0.05, 0) is 43.7 Å². The van der Waals surface area contributed by atoms with Crippen LogP contribution >= 0.6 is 0 Å². The minimum absolute atomic E-state index is 0.00397. The molecule has 0 saturated carbocycles. The lowest BCUT2D eigenvalue weighted by Gasteiger charge is -2.22. The van der Waals surface area contributed by atoms with Crippen LogP contribution in [0.1, 0.15) is 24.4 Å². The van der Waals surface area contributed by atoms with Crippen LogP contribution in [0.4, 0.5) is 10.3 Å². The van der Waals surface area contributed by atoms with Crippen molar-refractivity contribution in [1.29, 1.82) is 0 Å². The SMILES string of the molecule is COc1cccc(OC)c1-n1c(NS(=O)(=O)[C@@H](C)[C@H](OC)c2ncc(F)cn2)nnc1-c1cc(C)ccn1. The highest BCUT2D eigenvalue weighted by Gasteiger charge is 2.35. The standard InChI is InChI=1S/C24H26FN7O5S/c1-14-9-10-26-17(11-14)23-29-30-24(32(23)20-18(35-3)7-6-8-19(20)36-4)31-38(33,34)15(2)21(37-5)22-27-12-16(25)13-28-22/h6-13,15,21H,1-5H3,(H,30,31)/t15-,21-/m0/s1. The minimum Gasteiger partial charge on any atom is -0.494 e. The van der Waals surface area contributed by atoms with E-state index >= 15 is 0 Å². The molecule has 0 radical (unpaired) electrons. The number of methoxy groups -OCH3 is 3. The third-order valence-corrected chi connectivity index (χ3v) is 7.42. The van der Waals surface area contributed by atoms with Crippen molar-refractivity contribution in [1.82, 2.24) is 29.7 Å². The molecule has 4 aromatic rings. The number of halogens is 1. The van der Waals surface area contributed by atoms with Crippen LogP contribution in [0.3, 0.4) is 0 Å². The van der Waals surface area contributed by atoms with Gasteiger partial charge in [-0.2, -0.15) is 0 Å². The Labute approximate surface area is 218 Å². The van der Waals surface area contributed by atoms with Crippen molar-refractivity contribution in [3.05, 3.63) is 66.1 Å². The number of ether oxygens (including phenoxy) is 3. The Bertz CT molecular complexity index is 1510. The number of nitrogens with one attached hydrogen (secondary N) is 1. The molecule has 0 aliphatic rings. The van der Waals surface area contributed by atoms with Crippen molar-refractivity contribution in [2.75, 3.05) is 26.1 Å². The highest BCUT2D eigenvalue weighted by atomic mass is 32.2. The zero-order valence-corrected chi connectivity index (χ0v) is 22.1. The van der Waals surface area contributed by atoms with Crippen LogP contribution < -0.4 is 14.2 Å². The van der Waals surface area contributed by atoms with Crippen LogP contribution in [-0.4, -0.2) is 64.7 Å². The molecule has 0 fully saturated rings. The number of benzene rings is 1. The van der Waals surface area contributed by atoms with Crippen LogP contribution in [0.2, 0.25) is 0 Å². The normalized spacial score (nSPS) is 13.1. The Hall–Kier alpha value is -4.17. The zero-order valence-electron chi connectivity index (χ0n) is 21.3. The van der Waals surface area contributed by atoms with Gasteiger partial charge in [0.25, 0.3) is 0 Å². The van der Waals surface area contributed by atoms with E-state index in [2.05, 4.69) is 29.9 Å². The second-order valence-corrected chi connectivity index (χ2v) is 10.2. The first-order chi connectivity index (χ1) is 18.2. The number of pyridine rings is 1. The van der Waals surface area contributed by atoms with Crippen LogP contribution in [0.25, 0.3) is 17.2 Å². The summed E-state index contributed by atoms with van der Waals surface area (Å²) in [7, 11) is 0.0633. The second kappa shape index (κ2) is 11.1. The molecule has 0 aliphatic heterocycles. The van der Waals surface area contributed by atoms with Gasteiger partial charge in [-0.25, -0.2) is 22.8 Å². The molecule has 0 unspecified atom stereocenters. The average molecular weight is 544 g/mol. The Morgan fingerprint density at radius 3 is 2.24 bits per heavy atom. The topological polar surface area (TPSA) is 143 Å². The third kappa shape index (κ3) is 5.26. The summed E-state index contributed by atoms with van der Waals surface area (Å²) in [5.41, 5.74) is 1.71. The van der Waals surface area contributed by atoms with Crippen molar-refractivity contribution < 1.29 is 27.0 Å². The predicted molar refractivity (Wildman–Crippen MR) is 136 cm³/mol. The van der Waals surface area contributed by atoms with E-state index in [1.54, 1.807) is 30.5 Å². The lowest BCUT2D eigenvalue weighted by Crippen LogP contribution is -2.33. The van der Waals surface area contributed by atoms with Crippen LogP contribution in [0.15, 0.2) is 48.9 Å². The summed E-state index contributed by atoms with van der Waals surface area (Å²) in [6, 6.07) is 8.73. The van der Waals surface area contributed by atoms with Crippen molar-refractivity contribution in [3.63, 3.8) is 0 Å². The fraction of sp³-hybridized carbons (Fsp3) is 0.292. The smallest absolute Gasteiger partial charge is 0.243 e. The van der Waals surface area contributed by atoms with E-state index in [1.807, 2.05) is 13.0 Å². The Kier molecular flexibility index (Phi) is 7.83. The number of nitrogens with zero attached hydrogens (tertiary/aromatic N) is 6. The molecule has 0 amide bonds. The summed E-state index contributed by atoms with van der Waals surface area (Å²) in [4.78, 5) is 12.1. The number of sulfonamides is 1. The van der Waals surface area contributed by atoms with E-state index in [1.165, 1.54) is 32.8 Å². The number of rotatable bonds is 10. The third-order valence-electron chi connectivity index (χ3n) is 5.73. The van der Waals surface area contributed by atoms with Crippen molar-refractivity contribution in [2.45, 2.75) is 25.2 Å². The molecule has 1 aromatic carbocycles. The quantitative estimate of drug-likeness (QED) is 0.317. The Morgan fingerprint density at radius 1 is 1.00 bits per heavy atom. The molecule has 3 heterocycles. The van der Waals surface area contributed by atoms with Gasteiger partial charge in [0.15, 0.2) is 17.5 Å². The fourth-order valence-electron chi connectivity index (χ4n) is 3.80. The number of para-hydroxylation sites is 1. The van der Waals surface area contributed by atoms with Crippen molar-refractivity contribution >= 4 is 16.0 Å². The maximum atomic E-state index is 13.6. The maximum absolute atomic E-state index is 13.6. The molecule has 0 spiro atoms. The van der Waals surface area contributed by atoms with Gasteiger partial charge < -0.3 is 14.2 Å². The molecule has 38 heavy (non-hydrogen) atoms. The molecule has 1 N–H and O–H groups in total. The summed E-state index contributed by atoms with van der Waals surface area (Å²) in [6.07, 6.45) is 2.38. The lowest BCUT2D eigenvalue weighted by atomic mass is 10.2. The Morgan fingerprint density at radius 2 is 1.66 bits per heavy atom. The van der Waals surface area contributed by atoms with Crippen molar-refractivity contribution in [2.24, 2.45) is 0 Å². The average Bonchev–Trinajstić information content (AvgIpc) is 3.31. The summed E-state index contributed by atoms with van der Waals surface area (Å²) in [5, 5.41) is 7.16. The largest absolute Gasteiger partial charge is 0.494 e. The highest BCUT2D eigenvalue weighted by molar-refractivity contribution is 7.93. The van der Waals surface area contributed by atoms with Crippen LogP contribution in [-0.2, 0) is 14.8 Å². The molecule has 2 atom stereocenters. The van der Waals surface area contributed by atoms with Gasteiger partial charge in [0, 0.05) is 13.3 Å². The van der Waals surface area contributed by atoms with Gasteiger partial charge >= 0.3 is 0 Å².